The Morgan fingerprint density at radius 3 is 2.32 bits per heavy atom. The molecule has 1 heterocycles. The molecule has 38 heavy (non-hydrogen) atoms. The van der Waals surface area contributed by atoms with Crippen LogP contribution in [0.4, 0.5) is 21.9 Å². The summed E-state index contributed by atoms with van der Waals surface area (Å²) in [6, 6.07) is 16.1. The highest BCUT2D eigenvalue weighted by atomic mass is 127. The fourth-order valence-corrected chi connectivity index (χ4v) is 4.47. The van der Waals surface area contributed by atoms with E-state index >= 15 is 0 Å². The number of nitrogens with zero attached hydrogens (tertiary/aromatic N) is 3. The summed E-state index contributed by atoms with van der Waals surface area (Å²) in [5, 5.41) is 24.2. The number of halogens is 1. The Hall–Kier alpha value is -4.31. The lowest BCUT2D eigenvalue weighted by Crippen LogP contribution is -2.36. The van der Waals surface area contributed by atoms with Gasteiger partial charge >= 0.3 is 5.69 Å². The first-order valence-corrected chi connectivity index (χ1v) is 12.5. The number of amides is 3. The molecule has 0 saturated carbocycles. The van der Waals surface area contributed by atoms with Crippen LogP contribution < -0.4 is 10.1 Å². The van der Waals surface area contributed by atoms with Crippen molar-refractivity contribution in [2.24, 2.45) is 0 Å². The maximum Gasteiger partial charge on any atom is 0.318 e. The van der Waals surface area contributed by atoms with E-state index in [4.69, 9.17) is 4.74 Å². The zero-order valence-corrected chi connectivity index (χ0v) is 22.0. The van der Waals surface area contributed by atoms with Crippen molar-refractivity contribution in [1.82, 2.24) is 4.90 Å². The summed E-state index contributed by atoms with van der Waals surface area (Å²) in [6.45, 7) is -0.436. The van der Waals surface area contributed by atoms with Gasteiger partial charge in [0, 0.05) is 15.3 Å². The zero-order chi connectivity index (χ0) is 27.4. The van der Waals surface area contributed by atoms with Gasteiger partial charge in [-0.2, -0.15) is 0 Å². The number of imide groups is 1. The Balaban J connectivity index is 1.43. The van der Waals surface area contributed by atoms with Crippen LogP contribution in [0.5, 0.6) is 11.5 Å². The topological polar surface area (TPSA) is 162 Å². The van der Waals surface area contributed by atoms with E-state index in [0.29, 0.717) is 23.0 Å². The van der Waals surface area contributed by atoms with Gasteiger partial charge in [-0.3, -0.25) is 39.5 Å². The summed E-state index contributed by atoms with van der Waals surface area (Å²) >= 11 is 2.83. The number of anilines is 1. The van der Waals surface area contributed by atoms with E-state index in [1.807, 2.05) is 12.1 Å². The predicted octanol–water partition coefficient (Wildman–Crippen LogP) is 5.57. The number of rotatable bonds is 8. The van der Waals surface area contributed by atoms with Crippen molar-refractivity contribution in [2.45, 2.75) is 0 Å². The number of nitro benzene ring substituents is 2. The van der Waals surface area contributed by atoms with Gasteiger partial charge in [0.05, 0.1) is 20.8 Å². The van der Waals surface area contributed by atoms with Gasteiger partial charge in [-0.15, -0.1) is 0 Å². The lowest BCUT2D eigenvalue weighted by atomic mass is 10.2. The van der Waals surface area contributed by atoms with Crippen LogP contribution in [0.2, 0.25) is 0 Å². The van der Waals surface area contributed by atoms with Gasteiger partial charge in [0.25, 0.3) is 16.8 Å². The molecule has 3 aromatic carbocycles. The molecule has 4 rings (SSSR count). The van der Waals surface area contributed by atoms with E-state index in [1.54, 1.807) is 24.3 Å². The zero-order valence-electron chi connectivity index (χ0n) is 19.0. The third-order valence-electron chi connectivity index (χ3n) is 5.06. The highest BCUT2D eigenvalue weighted by Crippen LogP contribution is 2.35. The molecule has 1 aliphatic rings. The van der Waals surface area contributed by atoms with E-state index in [-0.39, 0.29) is 16.4 Å². The number of benzene rings is 3. The van der Waals surface area contributed by atoms with Crippen molar-refractivity contribution in [2.75, 3.05) is 11.9 Å². The van der Waals surface area contributed by atoms with Crippen LogP contribution in [-0.4, -0.2) is 38.3 Å². The van der Waals surface area contributed by atoms with Gasteiger partial charge in [0.15, 0.2) is 0 Å². The second-order valence-corrected chi connectivity index (χ2v) is 9.90. The molecule has 0 unspecified atom stereocenters. The fourth-order valence-electron chi connectivity index (χ4n) is 3.27. The number of carbonyl (C=O) groups is 3. The molecule has 1 fully saturated rings. The van der Waals surface area contributed by atoms with Crippen LogP contribution in [0.1, 0.15) is 5.56 Å². The minimum absolute atomic E-state index is 0.122. The fraction of sp³-hybridized carbons (Fsp3) is 0.0417. The van der Waals surface area contributed by atoms with Crippen LogP contribution in [0, 0.1) is 23.8 Å². The van der Waals surface area contributed by atoms with E-state index in [0.717, 1.165) is 26.7 Å². The summed E-state index contributed by atoms with van der Waals surface area (Å²) < 4.78 is 6.51. The van der Waals surface area contributed by atoms with Gasteiger partial charge in [-0.05, 0) is 88.5 Å². The molecule has 3 amide bonds. The minimum Gasteiger partial charge on any atom is -0.450 e. The van der Waals surface area contributed by atoms with Crippen LogP contribution in [-0.2, 0) is 9.59 Å². The maximum atomic E-state index is 12.7. The van der Waals surface area contributed by atoms with Crippen molar-refractivity contribution in [3.8, 4) is 11.5 Å². The third kappa shape index (κ3) is 6.33. The Morgan fingerprint density at radius 1 is 1.00 bits per heavy atom. The Labute approximate surface area is 232 Å². The first kappa shape index (κ1) is 26.7. The molecule has 0 spiro atoms. The number of ether oxygens (including phenoxy) is 1. The average Bonchev–Trinajstić information content (AvgIpc) is 3.13. The molecule has 1 N–H and O–H groups in total. The highest BCUT2D eigenvalue weighted by molar-refractivity contribution is 14.1. The molecule has 0 radical (unpaired) electrons. The molecule has 0 aromatic heterocycles. The molecule has 0 atom stereocenters. The molecule has 14 heteroatoms. The van der Waals surface area contributed by atoms with Gasteiger partial charge in [-0.25, -0.2) is 0 Å². The molecular weight excluding hydrogens is 631 g/mol. The standard InChI is InChI=1S/C24H15IN4O8S/c25-15-3-5-16(6-4-15)26-22(30)13-27-23(31)21(38-24(27)32)11-14-1-8-18(9-2-14)37-20-10-7-17(28(33)34)12-19(20)29(35)36/h1-12H,13H2,(H,26,30)/b21-11-. The minimum atomic E-state index is -0.784. The lowest BCUT2D eigenvalue weighted by Gasteiger charge is -2.12. The van der Waals surface area contributed by atoms with Gasteiger partial charge in [-0.1, -0.05) is 12.1 Å². The number of carbonyl (C=O) groups excluding carboxylic acids is 3. The number of nitrogens with one attached hydrogen (secondary N) is 1. The Bertz CT molecular complexity index is 1490. The van der Waals surface area contributed by atoms with Crippen molar-refractivity contribution >= 4 is 74.5 Å². The molecule has 1 saturated heterocycles. The van der Waals surface area contributed by atoms with Gasteiger partial charge < -0.3 is 10.1 Å². The largest absolute Gasteiger partial charge is 0.450 e. The molecule has 12 nitrogen and oxygen atoms in total. The normalized spacial score (nSPS) is 14.0. The molecule has 0 aliphatic carbocycles. The molecular formula is C24H15IN4O8S. The Morgan fingerprint density at radius 2 is 1.68 bits per heavy atom. The van der Waals surface area contributed by atoms with E-state index < -0.39 is 44.8 Å². The molecule has 192 valence electrons. The van der Waals surface area contributed by atoms with Gasteiger partial charge in [0.2, 0.25) is 11.7 Å². The second kappa shape index (κ2) is 11.4. The van der Waals surface area contributed by atoms with Crippen molar-refractivity contribution in [3.05, 3.63) is 101 Å². The average molecular weight is 646 g/mol. The predicted molar refractivity (Wildman–Crippen MR) is 147 cm³/mol. The summed E-state index contributed by atoms with van der Waals surface area (Å²) in [7, 11) is 0. The number of hydrogen-bond acceptors (Lipinski definition) is 9. The van der Waals surface area contributed by atoms with Crippen LogP contribution in [0.3, 0.4) is 0 Å². The third-order valence-corrected chi connectivity index (χ3v) is 6.69. The summed E-state index contributed by atoms with van der Waals surface area (Å²) in [5.41, 5.74) is 0.0624. The number of non-ortho nitro benzene ring substituents is 1. The SMILES string of the molecule is O=C(CN1C(=O)S/C(=C\c2ccc(Oc3ccc([N+](=O)[O-])cc3[N+](=O)[O-])cc2)C1=O)Nc1ccc(I)cc1. The monoisotopic (exact) mass is 646 g/mol. The number of hydrogen-bond donors (Lipinski definition) is 1. The van der Waals surface area contributed by atoms with E-state index in [9.17, 15) is 34.6 Å². The Kier molecular flexibility index (Phi) is 8.02. The van der Waals surface area contributed by atoms with Crippen molar-refractivity contribution in [1.29, 1.82) is 0 Å². The summed E-state index contributed by atoms with van der Waals surface area (Å²) in [6.07, 6.45) is 1.47. The van der Waals surface area contributed by atoms with Crippen LogP contribution in [0.25, 0.3) is 6.08 Å². The summed E-state index contributed by atoms with van der Waals surface area (Å²) in [4.78, 5) is 59.1. The number of thioether (sulfide) groups is 1. The lowest BCUT2D eigenvalue weighted by molar-refractivity contribution is -0.394. The first-order chi connectivity index (χ1) is 18.1. The smallest absolute Gasteiger partial charge is 0.318 e. The van der Waals surface area contributed by atoms with Crippen molar-refractivity contribution < 1.29 is 29.0 Å². The van der Waals surface area contributed by atoms with Crippen molar-refractivity contribution in [3.63, 3.8) is 0 Å². The summed E-state index contributed by atoms with van der Waals surface area (Å²) in [5.74, 6) is -1.10. The molecule has 1 aliphatic heterocycles. The molecule has 0 bridgehead atoms. The maximum absolute atomic E-state index is 12.7. The quantitative estimate of drug-likeness (QED) is 0.143. The van der Waals surface area contributed by atoms with Gasteiger partial charge in [0.1, 0.15) is 12.3 Å². The van der Waals surface area contributed by atoms with Crippen LogP contribution in [0.15, 0.2) is 71.6 Å². The number of nitro groups is 2. The first-order valence-electron chi connectivity index (χ1n) is 10.6. The second-order valence-electron chi connectivity index (χ2n) is 7.66. The van der Waals surface area contributed by atoms with E-state index in [2.05, 4.69) is 27.9 Å². The highest BCUT2D eigenvalue weighted by Gasteiger charge is 2.36. The van der Waals surface area contributed by atoms with E-state index in [1.165, 1.54) is 18.2 Å². The molecule has 3 aromatic rings. The van der Waals surface area contributed by atoms with Crippen LogP contribution >= 0.6 is 34.4 Å².